The minimum Gasteiger partial charge on any atom is -0.391 e. The van der Waals surface area contributed by atoms with Crippen molar-refractivity contribution in [2.45, 2.75) is 70.7 Å². The molecule has 4 heterocycles. The van der Waals surface area contributed by atoms with Gasteiger partial charge in [-0.3, -0.25) is 0 Å². The molecule has 0 radical (unpaired) electrons. The van der Waals surface area contributed by atoms with E-state index in [4.69, 9.17) is 0 Å². The summed E-state index contributed by atoms with van der Waals surface area (Å²) in [6.45, 7) is 6.09. The number of fused-ring (bicyclic) bond motifs is 4. The molecule has 0 bridgehead atoms. The Labute approximate surface area is 263 Å². The van der Waals surface area contributed by atoms with Crippen molar-refractivity contribution in [1.29, 1.82) is 0 Å². The maximum atomic E-state index is 10.5. The minimum atomic E-state index is -0.387. The number of aliphatic hydroxyl groups is 2. The van der Waals surface area contributed by atoms with Crippen LogP contribution in [0.5, 0.6) is 0 Å². The number of aryl methyl sites for hydroxylation is 5. The van der Waals surface area contributed by atoms with Gasteiger partial charge in [0, 0.05) is 24.3 Å². The first kappa shape index (κ1) is 29.1. The van der Waals surface area contributed by atoms with Crippen LogP contribution in [-0.2, 0) is 12.8 Å². The topological polar surface area (TPSA) is 99.1 Å². The predicted molar refractivity (Wildman–Crippen MR) is 179 cm³/mol. The van der Waals surface area contributed by atoms with Gasteiger partial charge in [-0.2, -0.15) is 0 Å². The molecule has 4 N–H and O–H groups in total. The first-order valence-electron chi connectivity index (χ1n) is 15.8. The number of anilines is 2. The van der Waals surface area contributed by atoms with E-state index in [2.05, 4.69) is 68.3 Å². The van der Waals surface area contributed by atoms with Gasteiger partial charge in [-0.15, -0.1) is 0 Å². The van der Waals surface area contributed by atoms with Crippen molar-refractivity contribution in [1.82, 2.24) is 18.8 Å². The lowest BCUT2D eigenvalue weighted by molar-refractivity contribution is 0.135. The summed E-state index contributed by atoms with van der Waals surface area (Å²) in [5.74, 6) is 0. The van der Waals surface area contributed by atoms with E-state index in [0.29, 0.717) is 0 Å². The van der Waals surface area contributed by atoms with Crippen LogP contribution in [0.3, 0.4) is 0 Å². The van der Waals surface area contributed by atoms with Crippen LogP contribution in [0.1, 0.15) is 64.3 Å². The van der Waals surface area contributed by atoms with Gasteiger partial charge in [-0.25, -0.2) is 9.97 Å². The smallest absolute Gasteiger partial charge is 0.160 e. The fourth-order valence-corrected chi connectivity index (χ4v) is 6.83. The molecule has 230 valence electrons. The lowest BCUT2D eigenvalue weighted by Gasteiger charge is -2.31. The number of imidazole rings is 2. The minimum absolute atomic E-state index is 0.0897. The number of rotatable bonds is 4. The van der Waals surface area contributed by atoms with Crippen LogP contribution < -0.4 is 10.6 Å². The third kappa shape index (κ3) is 5.56. The molecule has 8 heteroatoms. The Morgan fingerprint density at radius 2 is 1.22 bits per heavy atom. The van der Waals surface area contributed by atoms with Gasteiger partial charge in [0.15, 0.2) is 11.3 Å². The molecule has 45 heavy (non-hydrogen) atoms. The van der Waals surface area contributed by atoms with E-state index < -0.39 is 0 Å². The highest BCUT2D eigenvalue weighted by molar-refractivity contribution is 5.70. The fourth-order valence-electron chi connectivity index (χ4n) is 6.83. The maximum Gasteiger partial charge on any atom is 0.160 e. The largest absolute Gasteiger partial charge is 0.391 e. The molecule has 0 saturated carbocycles. The molecule has 0 spiro atoms. The summed E-state index contributed by atoms with van der Waals surface area (Å²) >= 11 is 0. The number of hydrogen-bond acceptors (Lipinski definition) is 6. The average molecular weight is 601 g/mol. The number of nitrogens with zero attached hydrogens (tertiary/aromatic N) is 4. The van der Waals surface area contributed by atoms with Gasteiger partial charge in [0.1, 0.15) is 0 Å². The summed E-state index contributed by atoms with van der Waals surface area (Å²) < 4.78 is 4.11. The highest BCUT2D eigenvalue weighted by Gasteiger charge is 2.29. The number of benzene rings is 2. The van der Waals surface area contributed by atoms with Crippen LogP contribution in [0.4, 0.5) is 11.4 Å². The van der Waals surface area contributed by atoms with Crippen LogP contribution in [0.2, 0.25) is 0 Å². The zero-order valence-corrected chi connectivity index (χ0v) is 26.0. The van der Waals surface area contributed by atoms with E-state index in [9.17, 15) is 10.2 Å². The fraction of sp³-hybridized carbons (Fsp3) is 0.297. The van der Waals surface area contributed by atoms with E-state index in [0.717, 1.165) is 65.4 Å². The SMILES string of the molecule is Cc1cn2cccc(NC3c4ccccc4CCC3O)c2n1.Cc1nc2c(NC3c4ccccc4CCC3O)cccn2c1C. The van der Waals surface area contributed by atoms with E-state index in [-0.39, 0.29) is 24.3 Å². The van der Waals surface area contributed by atoms with Crippen molar-refractivity contribution in [3.8, 4) is 0 Å². The molecule has 4 atom stereocenters. The molecule has 0 saturated heterocycles. The Morgan fingerprint density at radius 3 is 1.84 bits per heavy atom. The van der Waals surface area contributed by atoms with Crippen LogP contribution in [0, 0.1) is 20.8 Å². The van der Waals surface area contributed by atoms with Gasteiger partial charge in [-0.1, -0.05) is 48.5 Å². The maximum absolute atomic E-state index is 10.5. The Kier molecular flexibility index (Phi) is 7.77. The highest BCUT2D eigenvalue weighted by Crippen LogP contribution is 2.35. The third-order valence-electron chi connectivity index (χ3n) is 9.32. The molecule has 4 aromatic heterocycles. The Bertz CT molecular complexity index is 1980. The van der Waals surface area contributed by atoms with Crippen molar-refractivity contribution >= 4 is 22.7 Å². The quantitative estimate of drug-likeness (QED) is 0.184. The highest BCUT2D eigenvalue weighted by atomic mass is 16.3. The molecular weight excluding hydrogens is 560 g/mol. The lowest BCUT2D eigenvalue weighted by Crippen LogP contribution is -2.30. The van der Waals surface area contributed by atoms with E-state index in [1.807, 2.05) is 73.2 Å². The summed E-state index contributed by atoms with van der Waals surface area (Å²) in [6, 6.07) is 24.6. The van der Waals surface area contributed by atoms with Crippen LogP contribution in [-0.4, -0.2) is 41.2 Å². The van der Waals surface area contributed by atoms with Crippen LogP contribution in [0.25, 0.3) is 11.3 Å². The van der Waals surface area contributed by atoms with Crippen molar-refractivity contribution in [3.63, 3.8) is 0 Å². The predicted octanol–water partition coefficient (Wildman–Crippen LogP) is 6.51. The second-order valence-electron chi connectivity index (χ2n) is 12.3. The first-order valence-corrected chi connectivity index (χ1v) is 15.8. The Morgan fingerprint density at radius 1 is 0.667 bits per heavy atom. The number of nitrogens with one attached hydrogen (secondary N) is 2. The van der Waals surface area contributed by atoms with Crippen LogP contribution >= 0.6 is 0 Å². The lowest BCUT2D eigenvalue weighted by atomic mass is 9.85. The number of pyridine rings is 2. The molecular formula is C37H40N6O2. The van der Waals surface area contributed by atoms with Gasteiger partial charge in [0.25, 0.3) is 0 Å². The molecule has 4 unspecified atom stereocenters. The van der Waals surface area contributed by atoms with Crippen molar-refractivity contribution < 1.29 is 10.2 Å². The van der Waals surface area contributed by atoms with Crippen LogP contribution in [0.15, 0.2) is 91.4 Å². The second-order valence-corrected chi connectivity index (χ2v) is 12.3. The molecule has 0 fully saturated rings. The zero-order chi connectivity index (χ0) is 31.1. The summed E-state index contributed by atoms with van der Waals surface area (Å²) in [5.41, 5.74) is 11.9. The molecule has 2 aromatic carbocycles. The zero-order valence-electron chi connectivity index (χ0n) is 26.0. The normalized spacial score (nSPS) is 20.6. The Hall–Kier alpha value is -4.66. The molecule has 8 nitrogen and oxygen atoms in total. The number of hydrogen-bond donors (Lipinski definition) is 4. The molecule has 8 rings (SSSR count). The van der Waals surface area contributed by atoms with Gasteiger partial charge in [0.05, 0.1) is 47.1 Å². The first-order chi connectivity index (χ1) is 21.9. The third-order valence-corrected chi connectivity index (χ3v) is 9.32. The molecule has 2 aliphatic rings. The van der Waals surface area contributed by atoms with Crippen molar-refractivity contribution in [2.75, 3.05) is 10.6 Å². The van der Waals surface area contributed by atoms with E-state index in [1.54, 1.807) is 0 Å². The summed E-state index contributed by atoms with van der Waals surface area (Å²) in [5, 5.41) is 28.0. The standard InChI is InChI=1S/C19H21N3O.C18H19N3O/c1-12-13(2)22-11-5-8-16(19(22)20-12)21-18-15-7-4-3-6-14(15)9-10-17(18)23;1-12-11-21-10-4-7-15(18(21)19-12)20-17-14-6-3-2-5-13(14)8-9-16(17)22/h3-8,11,17-18,21,23H,9-10H2,1-2H3;2-7,10-11,16-17,20,22H,8-9H2,1H3. The van der Waals surface area contributed by atoms with Crippen molar-refractivity contribution in [3.05, 3.63) is 131 Å². The van der Waals surface area contributed by atoms with Gasteiger partial charge in [-0.05, 0) is 93.0 Å². The van der Waals surface area contributed by atoms with Gasteiger partial charge < -0.3 is 29.6 Å². The van der Waals surface area contributed by atoms with E-state index in [1.165, 1.54) is 22.3 Å². The summed E-state index contributed by atoms with van der Waals surface area (Å²) in [6.07, 6.45) is 8.69. The number of aliphatic hydroxyl groups excluding tert-OH is 2. The molecule has 0 aliphatic heterocycles. The summed E-state index contributed by atoms with van der Waals surface area (Å²) in [4.78, 5) is 9.26. The second kappa shape index (κ2) is 12.0. The average Bonchev–Trinajstić information content (AvgIpc) is 3.59. The number of aromatic nitrogens is 4. The monoisotopic (exact) mass is 600 g/mol. The molecule has 6 aromatic rings. The van der Waals surface area contributed by atoms with Gasteiger partial charge >= 0.3 is 0 Å². The molecule has 2 aliphatic carbocycles. The van der Waals surface area contributed by atoms with Gasteiger partial charge in [0.2, 0.25) is 0 Å². The molecule has 0 amide bonds. The Balaban J connectivity index is 0.000000145. The summed E-state index contributed by atoms with van der Waals surface area (Å²) in [7, 11) is 0. The van der Waals surface area contributed by atoms with Crippen molar-refractivity contribution in [2.24, 2.45) is 0 Å². The van der Waals surface area contributed by atoms with E-state index >= 15 is 0 Å².